The minimum absolute atomic E-state index is 0.424. The summed E-state index contributed by atoms with van der Waals surface area (Å²) >= 11 is 0. The second-order valence-electron chi connectivity index (χ2n) is 5.40. The minimum atomic E-state index is 0.424. The summed E-state index contributed by atoms with van der Waals surface area (Å²) in [6.07, 6.45) is 4.14. The lowest BCUT2D eigenvalue weighted by Crippen LogP contribution is -2.08. The van der Waals surface area contributed by atoms with Crippen LogP contribution in [-0.4, -0.2) is 6.04 Å². The van der Waals surface area contributed by atoms with Gasteiger partial charge in [-0.25, -0.2) is 0 Å². The van der Waals surface area contributed by atoms with Crippen LogP contribution in [0.25, 0.3) is 0 Å². The van der Waals surface area contributed by atoms with E-state index in [-0.39, 0.29) is 0 Å². The third-order valence-electron chi connectivity index (χ3n) is 3.92. The van der Waals surface area contributed by atoms with Crippen molar-refractivity contribution >= 4 is 11.4 Å². The molecule has 0 spiro atoms. The fraction of sp³-hybridized carbons (Fsp3) is 0.176. The average molecular weight is 280 g/mol. The van der Waals surface area contributed by atoms with Crippen molar-refractivity contribution in [2.24, 2.45) is 0 Å². The monoisotopic (exact) mass is 280 g/mol. The molecule has 4 rings (SSSR count). The van der Waals surface area contributed by atoms with Gasteiger partial charge in [-0.2, -0.15) is 0 Å². The van der Waals surface area contributed by atoms with Crippen molar-refractivity contribution in [3.05, 3.63) is 60.6 Å². The molecule has 21 heavy (non-hydrogen) atoms. The zero-order valence-electron chi connectivity index (χ0n) is 11.5. The molecule has 106 valence electrons. The molecule has 2 aromatic carbocycles. The molecule has 0 saturated heterocycles. The molecule has 1 fully saturated rings. The summed E-state index contributed by atoms with van der Waals surface area (Å²) < 4.78 is 10.8. The lowest BCUT2D eigenvalue weighted by atomic mass is 10.1. The largest absolute Gasteiger partial charge is 0.458 e. The van der Waals surface area contributed by atoms with Gasteiger partial charge in [0, 0.05) is 24.1 Å². The van der Waals surface area contributed by atoms with Crippen LogP contribution in [0.15, 0.2) is 55.0 Å². The van der Waals surface area contributed by atoms with E-state index in [2.05, 4.69) is 29.6 Å². The first-order valence-corrected chi connectivity index (χ1v) is 7.04. The summed E-state index contributed by atoms with van der Waals surface area (Å²) in [6, 6.07) is 14.7. The van der Waals surface area contributed by atoms with Gasteiger partial charge in [-0.15, -0.1) is 0 Å². The second kappa shape index (κ2) is 4.74. The molecule has 1 saturated carbocycles. The summed E-state index contributed by atoms with van der Waals surface area (Å²) in [4.78, 5) is 0. The summed E-state index contributed by atoms with van der Waals surface area (Å²) in [6.45, 7) is 0. The molecule has 2 aromatic rings. The van der Waals surface area contributed by atoms with Gasteiger partial charge in [-0.1, -0.05) is 30.3 Å². The molecule has 4 nitrogen and oxygen atoms in total. The number of rotatable bonds is 3. The molecule has 2 atom stereocenters. The predicted molar refractivity (Wildman–Crippen MR) is 82.5 cm³/mol. The van der Waals surface area contributed by atoms with E-state index in [0.717, 1.165) is 12.1 Å². The number of hydrogen-bond donors (Lipinski definition) is 2. The normalized spacial score (nSPS) is 21.9. The van der Waals surface area contributed by atoms with Gasteiger partial charge in [0.15, 0.2) is 11.5 Å². The zero-order valence-corrected chi connectivity index (χ0v) is 11.5. The molecular weight excluding hydrogens is 264 g/mol. The van der Waals surface area contributed by atoms with E-state index in [1.165, 1.54) is 18.1 Å². The molecule has 4 heteroatoms. The number of nitrogen functional groups attached to an aromatic ring is 1. The summed E-state index contributed by atoms with van der Waals surface area (Å²) in [5.41, 5.74) is 9.02. The summed E-state index contributed by atoms with van der Waals surface area (Å²) in [5.74, 6) is 1.89. The van der Waals surface area contributed by atoms with Gasteiger partial charge in [-0.3, -0.25) is 0 Å². The second-order valence-corrected chi connectivity index (χ2v) is 5.40. The van der Waals surface area contributed by atoms with Crippen molar-refractivity contribution in [1.29, 1.82) is 0 Å². The van der Waals surface area contributed by atoms with Crippen molar-refractivity contribution in [3.63, 3.8) is 0 Å². The lowest BCUT2D eigenvalue weighted by molar-refractivity contribution is 0.362. The molecule has 1 aliphatic carbocycles. The van der Waals surface area contributed by atoms with Gasteiger partial charge >= 0.3 is 0 Å². The first-order valence-electron chi connectivity index (χ1n) is 7.04. The van der Waals surface area contributed by atoms with Gasteiger partial charge in [-0.05, 0) is 12.0 Å². The number of nitrogens with two attached hydrogens (primary N) is 1. The minimum Gasteiger partial charge on any atom is -0.458 e. The lowest BCUT2D eigenvalue weighted by Gasteiger charge is -2.16. The Labute approximate surface area is 123 Å². The third-order valence-corrected chi connectivity index (χ3v) is 3.92. The highest BCUT2D eigenvalue weighted by Crippen LogP contribution is 2.45. The first-order chi connectivity index (χ1) is 10.3. The van der Waals surface area contributed by atoms with Crippen LogP contribution in [-0.2, 0) is 0 Å². The maximum Gasteiger partial charge on any atom is 0.171 e. The Morgan fingerprint density at radius 1 is 1.00 bits per heavy atom. The van der Waals surface area contributed by atoms with Gasteiger partial charge < -0.3 is 20.5 Å². The molecule has 0 aromatic heterocycles. The van der Waals surface area contributed by atoms with Crippen LogP contribution in [0.4, 0.5) is 11.4 Å². The van der Waals surface area contributed by atoms with Crippen LogP contribution >= 0.6 is 0 Å². The quantitative estimate of drug-likeness (QED) is 0.845. The maximum atomic E-state index is 6.08. The average Bonchev–Trinajstić information content (AvgIpc) is 3.28. The number of hydrogen-bond acceptors (Lipinski definition) is 4. The Morgan fingerprint density at radius 2 is 1.71 bits per heavy atom. The van der Waals surface area contributed by atoms with Crippen LogP contribution in [0.1, 0.15) is 17.9 Å². The van der Waals surface area contributed by atoms with E-state index in [0.29, 0.717) is 29.1 Å². The Kier molecular flexibility index (Phi) is 2.74. The summed E-state index contributed by atoms with van der Waals surface area (Å²) in [7, 11) is 0. The Hall–Kier alpha value is -2.62. The van der Waals surface area contributed by atoms with Crippen molar-refractivity contribution in [2.45, 2.75) is 18.4 Å². The van der Waals surface area contributed by atoms with Crippen LogP contribution < -0.4 is 20.5 Å². The highest BCUT2D eigenvalue weighted by molar-refractivity contribution is 5.73. The molecule has 1 aliphatic heterocycles. The molecule has 2 aliphatic rings. The van der Waals surface area contributed by atoms with E-state index in [1.54, 1.807) is 6.07 Å². The summed E-state index contributed by atoms with van der Waals surface area (Å²) in [5, 5.41) is 3.50. The van der Waals surface area contributed by atoms with Gasteiger partial charge in [0.25, 0.3) is 0 Å². The highest BCUT2D eigenvalue weighted by atomic mass is 16.5. The molecule has 0 bridgehead atoms. The van der Waals surface area contributed by atoms with Crippen LogP contribution in [0.3, 0.4) is 0 Å². The van der Waals surface area contributed by atoms with Crippen LogP contribution in [0.2, 0.25) is 0 Å². The van der Waals surface area contributed by atoms with E-state index >= 15 is 0 Å². The number of fused-ring (bicyclic) bond motifs is 1. The van der Waals surface area contributed by atoms with Gasteiger partial charge in [0.05, 0.1) is 11.4 Å². The number of anilines is 2. The molecule has 0 amide bonds. The maximum absolute atomic E-state index is 6.08. The van der Waals surface area contributed by atoms with E-state index in [4.69, 9.17) is 15.2 Å². The van der Waals surface area contributed by atoms with Crippen LogP contribution in [0, 0.1) is 0 Å². The standard InChI is InChI=1S/C17H16N2O2/c18-13-9-16-17(21-7-6-20-16)10-15(13)19-14-8-12(14)11-4-2-1-3-5-11/h1-7,9-10,12,14,19H,8,18H2. The number of nitrogens with one attached hydrogen (secondary N) is 1. The highest BCUT2D eigenvalue weighted by Gasteiger charge is 2.38. The molecule has 1 heterocycles. The molecular formula is C17H16N2O2. The first kappa shape index (κ1) is 12.1. The van der Waals surface area contributed by atoms with Crippen molar-refractivity contribution in [2.75, 3.05) is 11.1 Å². The topological polar surface area (TPSA) is 56.5 Å². The molecule has 0 radical (unpaired) electrons. The Balaban J connectivity index is 1.52. The van der Waals surface area contributed by atoms with Gasteiger partial charge in [0.1, 0.15) is 12.5 Å². The number of benzene rings is 2. The molecule has 3 N–H and O–H groups in total. The van der Waals surface area contributed by atoms with Gasteiger partial charge in [0.2, 0.25) is 0 Å². The van der Waals surface area contributed by atoms with Crippen molar-refractivity contribution in [3.8, 4) is 11.5 Å². The zero-order chi connectivity index (χ0) is 14.2. The van der Waals surface area contributed by atoms with Crippen LogP contribution in [0.5, 0.6) is 11.5 Å². The van der Waals surface area contributed by atoms with E-state index in [9.17, 15) is 0 Å². The third kappa shape index (κ3) is 2.29. The fourth-order valence-corrected chi connectivity index (χ4v) is 2.71. The Morgan fingerprint density at radius 3 is 2.48 bits per heavy atom. The fourth-order valence-electron chi connectivity index (χ4n) is 2.71. The van der Waals surface area contributed by atoms with E-state index in [1.807, 2.05) is 12.1 Å². The number of ether oxygens (including phenoxy) is 2. The molecule has 2 unspecified atom stereocenters. The predicted octanol–water partition coefficient (Wildman–Crippen LogP) is 3.48. The SMILES string of the molecule is Nc1cc2c(cc1NC1CC1c1ccccc1)OC=CO2. The van der Waals surface area contributed by atoms with E-state index < -0.39 is 0 Å². The Bertz CT molecular complexity index is 697. The van der Waals surface area contributed by atoms with Crippen molar-refractivity contribution < 1.29 is 9.47 Å². The smallest absolute Gasteiger partial charge is 0.171 e. The van der Waals surface area contributed by atoms with Crippen molar-refractivity contribution in [1.82, 2.24) is 0 Å².